The predicted octanol–water partition coefficient (Wildman–Crippen LogP) is 2.35. The van der Waals surface area contributed by atoms with E-state index in [2.05, 4.69) is 36.2 Å². The largest absolute Gasteiger partial charge is 0.455 e. The van der Waals surface area contributed by atoms with Crippen LogP contribution in [-0.2, 0) is 11.2 Å². The molecule has 0 spiro atoms. The molecule has 17 heavy (non-hydrogen) atoms. The third kappa shape index (κ3) is 4.54. The monoisotopic (exact) mass is 239 g/mol. The van der Waals surface area contributed by atoms with Crippen molar-refractivity contribution >= 4 is 5.97 Å². The molecule has 96 valence electrons. The average Bonchev–Trinajstić information content (AvgIpc) is 2.45. The second-order valence-electron chi connectivity index (χ2n) is 6.36. The Hall–Kier alpha value is -1.39. The number of rotatable bonds is 2. The lowest BCUT2D eigenvalue weighted by atomic mass is 9.90. The summed E-state index contributed by atoms with van der Waals surface area (Å²) in [5.41, 5.74) is 0.476. The van der Waals surface area contributed by atoms with Crippen LogP contribution in [0.5, 0.6) is 0 Å². The molecule has 5 heteroatoms. The lowest BCUT2D eigenvalue weighted by molar-refractivity contribution is 0.00612. The highest BCUT2D eigenvalue weighted by Gasteiger charge is 2.25. The number of H-pyrrole nitrogens is 1. The number of nitrogens with zero attached hydrogens (tertiary/aromatic N) is 2. The van der Waals surface area contributed by atoms with Crippen molar-refractivity contribution in [2.24, 2.45) is 5.41 Å². The van der Waals surface area contributed by atoms with Crippen LogP contribution in [0.25, 0.3) is 0 Å². The first kappa shape index (κ1) is 13.7. The normalized spacial score (nSPS) is 12.6. The molecule has 1 aromatic heterocycles. The first-order valence-corrected chi connectivity index (χ1v) is 5.71. The first-order valence-electron chi connectivity index (χ1n) is 5.71. The summed E-state index contributed by atoms with van der Waals surface area (Å²) in [6, 6.07) is 0. The molecule has 0 saturated carbocycles. The van der Waals surface area contributed by atoms with Crippen molar-refractivity contribution < 1.29 is 9.53 Å². The molecule has 1 heterocycles. The molecule has 0 atom stereocenters. The van der Waals surface area contributed by atoms with Crippen molar-refractivity contribution in [1.29, 1.82) is 0 Å². The second kappa shape index (κ2) is 4.47. The Morgan fingerprint density at radius 3 is 2.24 bits per heavy atom. The molecule has 0 aliphatic carbocycles. The van der Waals surface area contributed by atoms with Gasteiger partial charge in [-0.1, -0.05) is 20.8 Å². The molecule has 0 amide bonds. The molecular weight excluding hydrogens is 218 g/mol. The highest BCUT2D eigenvalue weighted by Crippen LogP contribution is 2.21. The topological polar surface area (TPSA) is 67.9 Å². The van der Waals surface area contributed by atoms with Gasteiger partial charge in [0, 0.05) is 0 Å². The van der Waals surface area contributed by atoms with Gasteiger partial charge in [0.05, 0.1) is 5.69 Å². The third-order valence-electron chi connectivity index (χ3n) is 1.91. The highest BCUT2D eigenvalue weighted by molar-refractivity contribution is 5.88. The van der Waals surface area contributed by atoms with Crippen molar-refractivity contribution in [2.45, 2.75) is 53.6 Å². The smallest absolute Gasteiger partial charge is 0.361 e. The number of esters is 1. The molecule has 0 aliphatic rings. The maximum Gasteiger partial charge on any atom is 0.361 e. The van der Waals surface area contributed by atoms with Crippen LogP contribution >= 0.6 is 0 Å². The quantitative estimate of drug-likeness (QED) is 0.804. The standard InChI is InChI=1S/C12H21N3O2/c1-11(2,3)7-8-9(14-15-13-8)10(16)17-12(4,5)6/h7H2,1-6H3,(H,13,14,15). The van der Waals surface area contributed by atoms with Gasteiger partial charge in [-0.15, -0.1) is 5.10 Å². The minimum atomic E-state index is -0.519. The zero-order valence-corrected chi connectivity index (χ0v) is 11.4. The maximum absolute atomic E-state index is 11.9. The van der Waals surface area contributed by atoms with Gasteiger partial charge in [-0.3, -0.25) is 0 Å². The lowest BCUT2D eigenvalue weighted by Gasteiger charge is -2.20. The van der Waals surface area contributed by atoms with Gasteiger partial charge in [-0.25, -0.2) is 4.79 Å². The summed E-state index contributed by atoms with van der Waals surface area (Å²) in [5.74, 6) is -0.425. The van der Waals surface area contributed by atoms with E-state index in [9.17, 15) is 4.79 Å². The SMILES string of the molecule is CC(C)(C)Cc1n[nH]nc1C(=O)OC(C)(C)C. The Morgan fingerprint density at radius 2 is 1.76 bits per heavy atom. The van der Waals surface area contributed by atoms with E-state index in [0.717, 1.165) is 0 Å². The first-order chi connectivity index (χ1) is 7.58. The number of ether oxygens (including phenoxy) is 1. The summed E-state index contributed by atoms with van der Waals surface area (Å²) in [7, 11) is 0. The maximum atomic E-state index is 11.9. The predicted molar refractivity (Wildman–Crippen MR) is 64.7 cm³/mol. The Labute approximate surface area is 102 Å². The van der Waals surface area contributed by atoms with Crippen LogP contribution in [0.3, 0.4) is 0 Å². The second-order valence-corrected chi connectivity index (χ2v) is 6.36. The zero-order chi connectivity index (χ0) is 13.3. The van der Waals surface area contributed by atoms with E-state index in [1.807, 2.05) is 20.8 Å². The fourth-order valence-electron chi connectivity index (χ4n) is 1.37. The average molecular weight is 239 g/mol. The number of carbonyl (C=O) groups excluding carboxylic acids is 1. The van der Waals surface area contributed by atoms with E-state index in [1.165, 1.54) is 0 Å². The summed E-state index contributed by atoms with van der Waals surface area (Å²) >= 11 is 0. The van der Waals surface area contributed by atoms with Gasteiger partial charge < -0.3 is 4.74 Å². The van der Waals surface area contributed by atoms with E-state index in [4.69, 9.17) is 4.74 Å². The minimum absolute atomic E-state index is 0.0492. The van der Waals surface area contributed by atoms with E-state index >= 15 is 0 Å². The number of nitrogens with one attached hydrogen (secondary N) is 1. The summed E-state index contributed by atoms with van der Waals surface area (Å²) < 4.78 is 5.28. The number of hydrogen-bond acceptors (Lipinski definition) is 4. The molecule has 1 rings (SSSR count). The van der Waals surface area contributed by atoms with Crippen LogP contribution in [0.4, 0.5) is 0 Å². The number of carbonyl (C=O) groups is 1. The molecule has 0 aliphatic heterocycles. The fourth-order valence-corrected chi connectivity index (χ4v) is 1.37. The molecular formula is C12H21N3O2. The van der Waals surface area contributed by atoms with Gasteiger partial charge >= 0.3 is 5.97 Å². The highest BCUT2D eigenvalue weighted by atomic mass is 16.6. The molecule has 1 aromatic rings. The van der Waals surface area contributed by atoms with Gasteiger partial charge in [-0.05, 0) is 32.6 Å². The molecule has 0 radical (unpaired) electrons. The van der Waals surface area contributed by atoms with Gasteiger partial charge in [0.1, 0.15) is 5.60 Å². The third-order valence-corrected chi connectivity index (χ3v) is 1.91. The van der Waals surface area contributed by atoms with Crippen LogP contribution in [0.15, 0.2) is 0 Å². The van der Waals surface area contributed by atoms with Gasteiger partial charge in [-0.2, -0.15) is 10.3 Å². The molecule has 0 fully saturated rings. The summed E-state index contributed by atoms with van der Waals surface area (Å²) in [6.07, 6.45) is 0.679. The van der Waals surface area contributed by atoms with Crippen molar-refractivity contribution in [3.8, 4) is 0 Å². The zero-order valence-electron chi connectivity index (χ0n) is 11.4. The number of aromatic amines is 1. The van der Waals surface area contributed by atoms with Crippen molar-refractivity contribution in [3.05, 3.63) is 11.4 Å². The lowest BCUT2D eigenvalue weighted by Crippen LogP contribution is -2.25. The molecule has 0 unspecified atom stereocenters. The van der Waals surface area contributed by atoms with E-state index in [-0.39, 0.29) is 11.1 Å². The minimum Gasteiger partial charge on any atom is -0.455 e. The Morgan fingerprint density at radius 1 is 1.18 bits per heavy atom. The summed E-state index contributed by atoms with van der Waals surface area (Å²) in [4.78, 5) is 11.9. The van der Waals surface area contributed by atoms with Crippen LogP contribution < -0.4 is 0 Å². The molecule has 0 aromatic carbocycles. The molecule has 5 nitrogen and oxygen atoms in total. The van der Waals surface area contributed by atoms with Crippen molar-refractivity contribution in [3.63, 3.8) is 0 Å². The van der Waals surface area contributed by atoms with Crippen LogP contribution in [0.1, 0.15) is 57.7 Å². The Bertz CT molecular complexity index is 397. The Balaban J connectivity index is 2.85. The van der Waals surface area contributed by atoms with E-state index < -0.39 is 11.6 Å². The van der Waals surface area contributed by atoms with Gasteiger partial charge in [0.25, 0.3) is 0 Å². The number of aromatic nitrogens is 3. The van der Waals surface area contributed by atoms with Gasteiger partial charge in [0.15, 0.2) is 5.69 Å². The molecule has 0 saturated heterocycles. The fraction of sp³-hybridized carbons (Fsp3) is 0.750. The number of hydrogen-bond donors (Lipinski definition) is 1. The van der Waals surface area contributed by atoms with Crippen molar-refractivity contribution in [1.82, 2.24) is 15.4 Å². The van der Waals surface area contributed by atoms with Crippen LogP contribution in [-0.4, -0.2) is 27.0 Å². The van der Waals surface area contributed by atoms with Crippen LogP contribution in [0, 0.1) is 5.41 Å². The van der Waals surface area contributed by atoms with E-state index in [1.54, 1.807) is 0 Å². The summed E-state index contributed by atoms with van der Waals surface area (Å²) in [6.45, 7) is 11.7. The van der Waals surface area contributed by atoms with Crippen LogP contribution in [0.2, 0.25) is 0 Å². The molecule has 1 N–H and O–H groups in total. The van der Waals surface area contributed by atoms with Gasteiger partial charge in [0.2, 0.25) is 0 Å². The summed E-state index contributed by atoms with van der Waals surface area (Å²) in [5, 5.41) is 10.4. The molecule has 0 bridgehead atoms. The van der Waals surface area contributed by atoms with Crippen molar-refractivity contribution in [2.75, 3.05) is 0 Å². The Kier molecular flexibility index (Phi) is 3.59. The van der Waals surface area contributed by atoms with E-state index in [0.29, 0.717) is 12.1 Å².